The summed E-state index contributed by atoms with van der Waals surface area (Å²) >= 11 is 6.28. The van der Waals surface area contributed by atoms with E-state index in [-0.39, 0.29) is 5.91 Å². The Morgan fingerprint density at radius 2 is 2.31 bits per heavy atom. The highest BCUT2D eigenvalue weighted by molar-refractivity contribution is 7.19. The Morgan fingerprint density at radius 3 is 2.77 bits per heavy atom. The first-order valence-corrected chi connectivity index (χ1v) is 8.53. The lowest BCUT2D eigenvalue weighted by Crippen LogP contribution is -2.26. The van der Waals surface area contributed by atoms with E-state index in [0.29, 0.717) is 6.54 Å². The fraction of sp³-hybridized carbons (Fsp3) is 0.667. The van der Waals surface area contributed by atoms with Crippen LogP contribution in [-0.4, -0.2) is 19.8 Å². The zero-order valence-electron chi connectivity index (χ0n) is 8.40. The van der Waals surface area contributed by atoms with Gasteiger partial charge < -0.3 is 5.32 Å². The van der Waals surface area contributed by atoms with Crippen molar-refractivity contribution in [2.24, 2.45) is 0 Å². The van der Waals surface area contributed by atoms with Gasteiger partial charge >= 0.3 is 0 Å². The van der Waals surface area contributed by atoms with Gasteiger partial charge in [0.25, 0.3) is 0 Å². The fourth-order valence-electron chi connectivity index (χ4n) is 0.918. The summed E-state index contributed by atoms with van der Waals surface area (Å²) < 4.78 is 0. The largest absolute Gasteiger partial charge is 0.353 e. The van der Waals surface area contributed by atoms with E-state index in [1.54, 1.807) is 0 Å². The van der Waals surface area contributed by atoms with Gasteiger partial charge in [-0.2, -0.15) is 11.1 Å². The number of nitrogens with one attached hydrogen (secondary N) is 1. The Morgan fingerprint density at radius 1 is 1.69 bits per heavy atom. The molecule has 2 nitrogen and oxygen atoms in total. The van der Waals surface area contributed by atoms with Crippen LogP contribution in [0.15, 0.2) is 12.7 Å². The molecule has 0 aliphatic rings. The van der Waals surface area contributed by atoms with Crippen LogP contribution in [-0.2, 0) is 4.79 Å². The van der Waals surface area contributed by atoms with Gasteiger partial charge in [0.15, 0.2) is 7.38 Å². The van der Waals surface area contributed by atoms with Crippen molar-refractivity contribution >= 4 is 24.4 Å². The highest BCUT2D eigenvalue weighted by Gasteiger charge is 2.20. The van der Waals surface area contributed by atoms with Gasteiger partial charge in [0.1, 0.15) is 0 Å². The van der Waals surface area contributed by atoms with E-state index in [4.69, 9.17) is 11.1 Å². The van der Waals surface area contributed by atoms with Crippen molar-refractivity contribution < 1.29 is 4.79 Å². The Bertz CT molecular complexity index is 182. The van der Waals surface area contributed by atoms with Crippen LogP contribution in [0.4, 0.5) is 0 Å². The third-order valence-corrected chi connectivity index (χ3v) is 6.34. The molecule has 4 heteroatoms. The first-order valence-electron chi connectivity index (χ1n) is 4.61. The normalized spacial score (nSPS) is 14.7. The molecular weight excluding hydrogens is 202 g/mol. The summed E-state index contributed by atoms with van der Waals surface area (Å²) in [6.45, 7) is 8.37. The van der Waals surface area contributed by atoms with Crippen molar-refractivity contribution in [1.29, 1.82) is 0 Å². The second-order valence-electron chi connectivity index (χ2n) is 3.37. The van der Waals surface area contributed by atoms with Crippen LogP contribution in [0.25, 0.3) is 0 Å². The van der Waals surface area contributed by atoms with Gasteiger partial charge in [0.05, 0.1) is 0 Å². The Hall–Kier alpha value is -0.283. The van der Waals surface area contributed by atoms with Crippen LogP contribution in [0.2, 0.25) is 18.6 Å². The lowest BCUT2D eigenvalue weighted by molar-refractivity contribution is -0.116. The van der Waals surface area contributed by atoms with E-state index < -0.39 is 7.38 Å². The zero-order chi connectivity index (χ0) is 10.3. The third kappa shape index (κ3) is 6.84. The standard InChI is InChI=1S/C9H18ClNOSi/c1-4-9(12)11-7-6-8-13(3,10)5-2/h4H,1,5-8H2,2-3H3,(H,11,12). The van der Waals surface area contributed by atoms with E-state index in [1.807, 2.05) is 0 Å². The second-order valence-corrected chi connectivity index (χ2v) is 10.1. The van der Waals surface area contributed by atoms with Gasteiger partial charge in [0, 0.05) is 6.54 Å². The van der Waals surface area contributed by atoms with Crippen LogP contribution in [0.5, 0.6) is 0 Å². The van der Waals surface area contributed by atoms with Crippen molar-refractivity contribution in [3.05, 3.63) is 12.7 Å². The topological polar surface area (TPSA) is 29.1 Å². The zero-order valence-corrected chi connectivity index (χ0v) is 10.2. The molecule has 0 aliphatic heterocycles. The van der Waals surface area contributed by atoms with E-state index in [9.17, 15) is 4.79 Å². The van der Waals surface area contributed by atoms with Crippen molar-refractivity contribution in [2.45, 2.75) is 32.0 Å². The van der Waals surface area contributed by atoms with Gasteiger partial charge in [-0.1, -0.05) is 20.0 Å². The SMILES string of the molecule is C=CC(=O)NCCC[Si](C)(Cl)CC. The molecule has 0 bridgehead atoms. The Kier molecular flexibility index (Phi) is 6.08. The minimum absolute atomic E-state index is 0.102. The molecule has 0 heterocycles. The molecule has 1 N–H and O–H groups in total. The summed E-state index contributed by atoms with van der Waals surface area (Å²) in [4.78, 5) is 10.8. The summed E-state index contributed by atoms with van der Waals surface area (Å²) in [7, 11) is -1.46. The number of hydrogen-bond donors (Lipinski definition) is 1. The van der Waals surface area contributed by atoms with Crippen molar-refractivity contribution in [3.63, 3.8) is 0 Å². The minimum Gasteiger partial charge on any atom is -0.353 e. The first-order chi connectivity index (χ1) is 6.02. The van der Waals surface area contributed by atoms with Crippen LogP contribution in [0.1, 0.15) is 13.3 Å². The number of amides is 1. The van der Waals surface area contributed by atoms with E-state index in [1.165, 1.54) is 6.08 Å². The predicted molar refractivity (Wildman–Crippen MR) is 60.6 cm³/mol. The van der Waals surface area contributed by atoms with Crippen LogP contribution in [0, 0.1) is 0 Å². The van der Waals surface area contributed by atoms with Crippen LogP contribution in [0.3, 0.4) is 0 Å². The number of rotatable bonds is 6. The molecule has 1 atom stereocenters. The lowest BCUT2D eigenvalue weighted by Gasteiger charge is -2.16. The molecular formula is C9H18ClNOSi. The number of carbonyl (C=O) groups excluding carboxylic acids is 1. The Balaban J connectivity index is 3.46. The van der Waals surface area contributed by atoms with E-state index in [2.05, 4.69) is 25.4 Å². The molecule has 0 aliphatic carbocycles. The lowest BCUT2D eigenvalue weighted by atomic mass is 10.4. The first kappa shape index (κ1) is 12.7. The van der Waals surface area contributed by atoms with Gasteiger partial charge in [-0.15, -0.1) is 0 Å². The summed E-state index contributed by atoms with van der Waals surface area (Å²) in [5, 5.41) is 2.74. The molecule has 0 saturated heterocycles. The van der Waals surface area contributed by atoms with Gasteiger partial charge in [-0.3, -0.25) is 4.79 Å². The van der Waals surface area contributed by atoms with Crippen molar-refractivity contribution in [3.8, 4) is 0 Å². The summed E-state index contributed by atoms with van der Waals surface area (Å²) in [6, 6.07) is 2.15. The molecule has 1 amide bonds. The summed E-state index contributed by atoms with van der Waals surface area (Å²) in [5.41, 5.74) is 0. The van der Waals surface area contributed by atoms with E-state index in [0.717, 1.165) is 18.5 Å². The van der Waals surface area contributed by atoms with Gasteiger partial charge in [0.2, 0.25) is 5.91 Å². The quantitative estimate of drug-likeness (QED) is 0.316. The number of hydrogen-bond acceptors (Lipinski definition) is 1. The van der Waals surface area contributed by atoms with E-state index >= 15 is 0 Å². The molecule has 0 spiro atoms. The number of carbonyl (C=O) groups is 1. The van der Waals surface area contributed by atoms with Crippen molar-refractivity contribution in [2.75, 3.05) is 6.54 Å². The minimum atomic E-state index is -1.46. The maximum atomic E-state index is 10.8. The summed E-state index contributed by atoms with van der Waals surface area (Å²) in [6.07, 6.45) is 2.26. The van der Waals surface area contributed by atoms with Gasteiger partial charge in [-0.25, -0.2) is 0 Å². The average Bonchev–Trinajstić information content (AvgIpc) is 2.12. The van der Waals surface area contributed by atoms with Crippen LogP contribution >= 0.6 is 11.1 Å². The number of halogens is 1. The Labute approximate surface area is 86.1 Å². The molecule has 13 heavy (non-hydrogen) atoms. The van der Waals surface area contributed by atoms with Gasteiger partial charge in [-0.05, 0) is 24.6 Å². The second kappa shape index (κ2) is 6.21. The fourth-order valence-corrected chi connectivity index (χ4v) is 2.59. The highest BCUT2D eigenvalue weighted by atomic mass is 35.6. The molecule has 0 saturated carbocycles. The van der Waals surface area contributed by atoms with Crippen molar-refractivity contribution in [1.82, 2.24) is 5.32 Å². The highest BCUT2D eigenvalue weighted by Crippen LogP contribution is 2.20. The maximum Gasteiger partial charge on any atom is 0.243 e. The molecule has 0 aromatic rings. The monoisotopic (exact) mass is 219 g/mol. The molecule has 76 valence electrons. The third-order valence-electron chi connectivity index (χ3n) is 2.10. The average molecular weight is 220 g/mol. The van der Waals surface area contributed by atoms with Crippen LogP contribution < -0.4 is 5.32 Å². The molecule has 0 aromatic heterocycles. The smallest absolute Gasteiger partial charge is 0.243 e. The molecule has 0 rings (SSSR count). The summed E-state index contributed by atoms with van der Waals surface area (Å²) in [5.74, 6) is -0.102. The molecule has 0 radical (unpaired) electrons. The molecule has 0 aromatic carbocycles. The molecule has 0 fully saturated rings. The maximum absolute atomic E-state index is 10.8. The molecule has 1 unspecified atom stereocenters. The predicted octanol–water partition coefficient (Wildman–Crippen LogP) is 2.51.